The number of anilines is 1. The lowest BCUT2D eigenvalue weighted by molar-refractivity contribution is -0.124. The molecule has 0 saturated heterocycles. The minimum atomic E-state index is -0.134. The molecule has 1 aliphatic carbocycles. The standard InChI is InChI=1S/C29H35N7O2.ClH/c1-3-7-25(31-2)29(37)33-20-12-14-21(15-13-20)36-28-24(18-32-36)26(30)34-27(35-28)19-10-16-23(17-11-19)38-22-8-5-4-6-9-22;/h4-6,8-11,16-18,20-21,25,31H,3,7,12-15H2,1-2H3,(H,33,37)(H2,30,34,35);1H/t20?,21?,25-;/m1./s1. The number of nitrogens with one attached hydrogen (secondary N) is 2. The Bertz CT molecular complexity index is 1370. The van der Waals surface area contributed by atoms with Crippen LogP contribution in [0.5, 0.6) is 11.5 Å². The second-order valence-electron chi connectivity index (χ2n) is 9.84. The SMILES string of the molecule is CCC[C@@H](NC)C(=O)NC1CCC(n2ncc3c(N)nc(-c4ccc(Oc5ccccc5)cc4)nc32)CC1.Cl. The van der Waals surface area contributed by atoms with Crippen LogP contribution in [0, 0.1) is 0 Å². The first-order chi connectivity index (χ1) is 18.6. The van der Waals surface area contributed by atoms with Crippen molar-refractivity contribution in [3.05, 3.63) is 60.8 Å². The van der Waals surface area contributed by atoms with Crippen molar-refractivity contribution in [2.75, 3.05) is 12.8 Å². The molecule has 39 heavy (non-hydrogen) atoms. The molecule has 0 spiro atoms. The van der Waals surface area contributed by atoms with Crippen molar-refractivity contribution in [3.63, 3.8) is 0 Å². The highest BCUT2D eigenvalue weighted by atomic mass is 35.5. The first-order valence-corrected chi connectivity index (χ1v) is 13.4. The number of carbonyl (C=O) groups is 1. The molecule has 206 valence electrons. The van der Waals surface area contributed by atoms with E-state index in [0.29, 0.717) is 11.6 Å². The van der Waals surface area contributed by atoms with Crippen LogP contribution in [0.1, 0.15) is 51.5 Å². The van der Waals surface area contributed by atoms with Gasteiger partial charge in [0.15, 0.2) is 11.5 Å². The van der Waals surface area contributed by atoms with Crippen molar-refractivity contribution in [2.45, 2.75) is 63.6 Å². The van der Waals surface area contributed by atoms with Crippen LogP contribution in [0.4, 0.5) is 5.82 Å². The van der Waals surface area contributed by atoms with E-state index in [1.165, 1.54) is 0 Å². The molecule has 0 aliphatic heterocycles. The fraction of sp³-hybridized carbons (Fsp3) is 0.379. The van der Waals surface area contributed by atoms with Gasteiger partial charge in [-0.3, -0.25) is 4.79 Å². The zero-order chi connectivity index (χ0) is 26.5. The molecule has 1 atom stereocenters. The first kappa shape index (κ1) is 28.3. The van der Waals surface area contributed by atoms with Gasteiger partial charge in [0, 0.05) is 11.6 Å². The van der Waals surface area contributed by atoms with E-state index in [1.807, 2.05) is 66.3 Å². The molecule has 2 aromatic heterocycles. The van der Waals surface area contributed by atoms with Gasteiger partial charge in [-0.2, -0.15) is 5.10 Å². The first-order valence-electron chi connectivity index (χ1n) is 13.4. The van der Waals surface area contributed by atoms with E-state index < -0.39 is 0 Å². The summed E-state index contributed by atoms with van der Waals surface area (Å²) in [5.74, 6) is 2.57. The Morgan fingerprint density at radius 3 is 2.41 bits per heavy atom. The van der Waals surface area contributed by atoms with Gasteiger partial charge in [0.1, 0.15) is 17.3 Å². The van der Waals surface area contributed by atoms with Crippen molar-refractivity contribution in [1.82, 2.24) is 30.4 Å². The van der Waals surface area contributed by atoms with Crippen LogP contribution < -0.4 is 21.1 Å². The maximum atomic E-state index is 12.6. The Kier molecular flexibility index (Phi) is 9.37. The van der Waals surface area contributed by atoms with Crippen LogP contribution in [0.2, 0.25) is 0 Å². The molecule has 0 bridgehead atoms. The average Bonchev–Trinajstić information content (AvgIpc) is 3.38. The van der Waals surface area contributed by atoms with Gasteiger partial charge >= 0.3 is 0 Å². The van der Waals surface area contributed by atoms with Gasteiger partial charge in [0.25, 0.3) is 0 Å². The number of hydrogen-bond acceptors (Lipinski definition) is 7. The van der Waals surface area contributed by atoms with Crippen LogP contribution in [-0.2, 0) is 4.79 Å². The molecule has 1 saturated carbocycles. The Morgan fingerprint density at radius 1 is 1.05 bits per heavy atom. The molecule has 0 radical (unpaired) electrons. The van der Waals surface area contributed by atoms with Gasteiger partial charge in [-0.25, -0.2) is 14.6 Å². The summed E-state index contributed by atoms with van der Waals surface area (Å²) < 4.78 is 7.89. The lowest BCUT2D eigenvalue weighted by Crippen LogP contribution is -2.47. The minimum Gasteiger partial charge on any atom is -0.457 e. The van der Waals surface area contributed by atoms with Crippen molar-refractivity contribution < 1.29 is 9.53 Å². The number of para-hydroxylation sites is 1. The predicted octanol–water partition coefficient (Wildman–Crippen LogP) is 5.28. The van der Waals surface area contributed by atoms with Gasteiger partial charge in [-0.05, 0) is 75.5 Å². The zero-order valence-electron chi connectivity index (χ0n) is 22.3. The highest BCUT2D eigenvalue weighted by molar-refractivity contribution is 5.87. The van der Waals surface area contributed by atoms with E-state index in [-0.39, 0.29) is 36.4 Å². The van der Waals surface area contributed by atoms with Gasteiger partial charge in [-0.15, -0.1) is 12.4 Å². The molecule has 1 aliphatic rings. The van der Waals surface area contributed by atoms with Crippen LogP contribution in [0.25, 0.3) is 22.4 Å². The molecule has 0 unspecified atom stereocenters. The number of nitrogen functional groups attached to an aromatic ring is 1. The van der Waals surface area contributed by atoms with Crippen molar-refractivity contribution >= 4 is 35.2 Å². The molecular weight excluding hydrogens is 514 g/mol. The van der Waals surface area contributed by atoms with Gasteiger partial charge in [0.05, 0.1) is 23.7 Å². The lowest BCUT2D eigenvalue weighted by atomic mass is 9.91. The fourth-order valence-corrected chi connectivity index (χ4v) is 5.10. The summed E-state index contributed by atoms with van der Waals surface area (Å²) in [6.45, 7) is 2.09. The number of halogens is 1. The number of nitrogens with two attached hydrogens (primary N) is 1. The Labute approximate surface area is 235 Å². The minimum absolute atomic E-state index is 0. The number of fused-ring (bicyclic) bond motifs is 1. The monoisotopic (exact) mass is 549 g/mol. The van der Waals surface area contributed by atoms with Crippen LogP contribution >= 0.6 is 12.4 Å². The number of hydrogen-bond donors (Lipinski definition) is 3. The number of likely N-dealkylation sites (N-methyl/N-ethyl adjacent to an activating group) is 1. The number of ether oxygens (including phenoxy) is 1. The third-order valence-electron chi connectivity index (χ3n) is 7.21. The van der Waals surface area contributed by atoms with E-state index in [1.54, 1.807) is 6.20 Å². The summed E-state index contributed by atoms with van der Waals surface area (Å²) >= 11 is 0. The fourth-order valence-electron chi connectivity index (χ4n) is 5.10. The lowest BCUT2D eigenvalue weighted by Gasteiger charge is -2.30. The molecule has 9 nitrogen and oxygen atoms in total. The van der Waals surface area contributed by atoms with Crippen molar-refractivity contribution in [1.29, 1.82) is 0 Å². The third kappa shape index (κ3) is 6.49. The number of nitrogens with zero attached hydrogens (tertiary/aromatic N) is 4. The molecule has 4 N–H and O–H groups in total. The van der Waals surface area contributed by atoms with Gasteiger partial charge in [-0.1, -0.05) is 31.5 Å². The van der Waals surface area contributed by atoms with E-state index in [4.69, 9.17) is 15.5 Å². The third-order valence-corrected chi connectivity index (χ3v) is 7.21. The van der Waals surface area contributed by atoms with E-state index >= 15 is 0 Å². The summed E-state index contributed by atoms with van der Waals surface area (Å²) in [7, 11) is 1.84. The summed E-state index contributed by atoms with van der Waals surface area (Å²) in [5.41, 5.74) is 7.92. The number of rotatable bonds is 9. The number of aromatic nitrogens is 4. The number of benzene rings is 2. The van der Waals surface area contributed by atoms with Gasteiger partial charge in [0.2, 0.25) is 5.91 Å². The second-order valence-corrected chi connectivity index (χ2v) is 9.84. The summed E-state index contributed by atoms with van der Waals surface area (Å²) in [5, 5.41) is 11.8. The Hall–Kier alpha value is -3.69. The molecule has 4 aromatic rings. The topological polar surface area (TPSA) is 120 Å². The molecule has 10 heteroatoms. The maximum Gasteiger partial charge on any atom is 0.237 e. The molecule has 2 aromatic carbocycles. The maximum absolute atomic E-state index is 12.6. The largest absolute Gasteiger partial charge is 0.457 e. The van der Waals surface area contributed by atoms with E-state index in [9.17, 15) is 4.79 Å². The van der Waals surface area contributed by atoms with Crippen LogP contribution in [0.3, 0.4) is 0 Å². The average molecular weight is 550 g/mol. The Balaban J connectivity index is 0.00000353. The zero-order valence-corrected chi connectivity index (χ0v) is 23.2. The molecule has 1 amide bonds. The quantitative estimate of drug-likeness (QED) is 0.260. The van der Waals surface area contributed by atoms with E-state index in [2.05, 4.69) is 27.6 Å². The molecule has 5 rings (SSSR count). The van der Waals surface area contributed by atoms with Crippen LogP contribution in [-0.4, -0.2) is 44.8 Å². The summed E-state index contributed by atoms with van der Waals surface area (Å²) in [6, 6.07) is 17.6. The molecule has 1 fully saturated rings. The van der Waals surface area contributed by atoms with Crippen LogP contribution in [0.15, 0.2) is 60.8 Å². The normalized spacial score (nSPS) is 17.8. The highest BCUT2D eigenvalue weighted by Gasteiger charge is 2.27. The van der Waals surface area contributed by atoms with E-state index in [0.717, 1.165) is 66.6 Å². The summed E-state index contributed by atoms with van der Waals surface area (Å²) in [6.07, 6.45) is 7.17. The van der Waals surface area contributed by atoms with Crippen molar-refractivity contribution in [2.24, 2.45) is 0 Å². The highest BCUT2D eigenvalue weighted by Crippen LogP contribution is 2.33. The number of amides is 1. The predicted molar refractivity (Wildman–Crippen MR) is 156 cm³/mol. The second kappa shape index (κ2) is 12.9. The Morgan fingerprint density at radius 2 is 1.74 bits per heavy atom. The number of carbonyl (C=O) groups excluding carboxylic acids is 1. The van der Waals surface area contributed by atoms with Gasteiger partial charge < -0.3 is 21.1 Å². The van der Waals surface area contributed by atoms with Crippen molar-refractivity contribution in [3.8, 4) is 22.9 Å². The molecular formula is C29H36ClN7O2. The smallest absolute Gasteiger partial charge is 0.237 e. The molecule has 2 heterocycles. The summed E-state index contributed by atoms with van der Waals surface area (Å²) in [4.78, 5) is 22.0.